The summed E-state index contributed by atoms with van der Waals surface area (Å²) in [6.45, 7) is 0.893. The highest BCUT2D eigenvalue weighted by atomic mass is 16.2. The quantitative estimate of drug-likeness (QED) is 0.679. The van der Waals surface area contributed by atoms with E-state index in [2.05, 4.69) is 30.3 Å². The predicted molar refractivity (Wildman–Crippen MR) is 58.2 cm³/mol. The number of amides is 1. The van der Waals surface area contributed by atoms with Crippen LogP contribution in [0.25, 0.3) is 0 Å². The van der Waals surface area contributed by atoms with Crippen LogP contribution in [0.1, 0.15) is 24.3 Å². The van der Waals surface area contributed by atoms with Gasteiger partial charge in [0.25, 0.3) is 0 Å². The number of rotatable bonds is 1. The number of hydrogen-bond acceptors (Lipinski definition) is 1. The second kappa shape index (κ2) is 3.23. The Bertz CT molecular complexity index is 421. The lowest BCUT2D eigenvalue weighted by Gasteiger charge is -2.14. The maximum atomic E-state index is 11.5. The van der Waals surface area contributed by atoms with Crippen LogP contribution in [-0.4, -0.2) is 17.4 Å². The molecule has 1 aromatic rings. The van der Waals surface area contributed by atoms with Crippen LogP contribution < -0.4 is 0 Å². The van der Waals surface area contributed by atoms with Crippen molar-refractivity contribution in [2.24, 2.45) is 0 Å². The number of hydrogen-bond donors (Lipinski definition) is 0. The monoisotopic (exact) mass is 199 g/mol. The molecule has 2 aliphatic rings. The van der Waals surface area contributed by atoms with Crippen LogP contribution in [0, 0.1) is 0 Å². The van der Waals surface area contributed by atoms with E-state index in [-0.39, 0.29) is 5.91 Å². The molecule has 2 heterocycles. The number of benzene rings is 1. The van der Waals surface area contributed by atoms with Crippen molar-refractivity contribution in [2.45, 2.75) is 18.8 Å². The van der Waals surface area contributed by atoms with E-state index < -0.39 is 0 Å². The van der Waals surface area contributed by atoms with Crippen LogP contribution in [0.2, 0.25) is 0 Å². The van der Waals surface area contributed by atoms with Gasteiger partial charge in [0.2, 0.25) is 5.91 Å². The molecule has 76 valence electrons. The molecular weight excluding hydrogens is 186 g/mol. The predicted octanol–water partition coefficient (Wildman–Crippen LogP) is 2.29. The number of fused-ring (bicyclic) bond motifs is 1. The molecule has 0 bridgehead atoms. The van der Waals surface area contributed by atoms with E-state index in [4.69, 9.17) is 0 Å². The van der Waals surface area contributed by atoms with Crippen LogP contribution in [-0.2, 0) is 4.79 Å². The largest absolute Gasteiger partial charge is 0.316 e. The lowest BCUT2D eigenvalue weighted by molar-refractivity contribution is -0.126. The summed E-state index contributed by atoms with van der Waals surface area (Å²) < 4.78 is 0. The van der Waals surface area contributed by atoms with E-state index in [9.17, 15) is 4.79 Å². The lowest BCUT2D eigenvalue weighted by Crippen LogP contribution is -2.20. The number of allylic oxidation sites excluding steroid dienone is 1. The van der Waals surface area contributed by atoms with Crippen LogP contribution >= 0.6 is 0 Å². The molecule has 2 nitrogen and oxygen atoms in total. The fraction of sp³-hybridized carbons (Fsp3) is 0.308. The maximum Gasteiger partial charge on any atom is 0.230 e. The number of carbonyl (C=O) groups is 1. The van der Waals surface area contributed by atoms with E-state index >= 15 is 0 Å². The van der Waals surface area contributed by atoms with E-state index in [1.165, 1.54) is 11.3 Å². The Kier molecular flexibility index (Phi) is 1.88. The molecular formula is C13H13NO. The standard InChI is InChI=1S/C13H13NO/c15-13-7-6-12-11(8-9-14(12)13)10-4-2-1-3-5-10/h1-6,11H,7-9H2. The molecule has 1 atom stereocenters. The Morgan fingerprint density at radius 2 is 2.00 bits per heavy atom. The molecule has 0 spiro atoms. The van der Waals surface area contributed by atoms with Crippen molar-refractivity contribution >= 4 is 5.91 Å². The van der Waals surface area contributed by atoms with Gasteiger partial charge in [-0.3, -0.25) is 4.79 Å². The molecule has 1 aromatic carbocycles. The Hall–Kier alpha value is -1.57. The van der Waals surface area contributed by atoms with Crippen LogP contribution in [0.15, 0.2) is 42.1 Å². The zero-order chi connectivity index (χ0) is 10.3. The first-order valence-corrected chi connectivity index (χ1v) is 5.41. The Labute approximate surface area is 89.2 Å². The first kappa shape index (κ1) is 8.72. The second-order valence-corrected chi connectivity index (χ2v) is 4.13. The summed E-state index contributed by atoms with van der Waals surface area (Å²) in [4.78, 5) is 13.4. The van der Waals surface area contributed by atoms with Gasteiger partial charge in [-0.1, -0.05) is 36.4 Å². The Morgan fingerprint density at radius 3 is 2.80 bits per heavy atom. The third-order valence-corrected chi connectivity index (χ3v) is 3.30. The van der Waals surface area contributed by atoms with Crippen LogP contribution in [0.3, 0.4) is 0 Å². The van der Waals surface area contributed by atoms with Crippen molar-refractivity contribution in [2.75, 3.05) is 6.54 Å². The van der Waals surface area contributed by atoms with Crippen molar-refractivity contribution < 1.29 is 4.79 Å². The molecule has 3 rings (SSSR count). The summed E-state index contributed by atoms with van der Waals surface area (Å²) in [5.74, 6) is 0.709. The average molecular weight is 199 g/mol. The third-order valence-electron chi connectivity index (χ3n) is 3.30. The molecule has 1 saturated heterocycles. The van der Waals surface area contributed by atoms with Gasteiger partial charge in [0.05, 0.1) is 0 Å². The van der Waals surface area contributed by atoms with E-state index in [1.807, 2.05) is 11.0 Å². The molecule has 1 amide bonds. The van der Waals surface area contributed by atoms with Gasteiger partial charge in [0, 0.05) is 24.6 Å². The molecule has 2 heteroatoms. The van der Waals surface area contributed by atoms with Gasteiger partial charge >= 0.3 is 0 Å². The van der Waals surface area contributed by atoms with E-state index in [1.54, 1.807) is 0 Å². The summed E-state index contributed by atoms with van der Waals surface area (Å²) in [6.07, 6.45) is 3.76. The van der Waals surface area contributed by atoms with Crippen molar-refractivity contribution in [1.82, 2.24) is 4.90 Å². The van der Waals surface area contributed by atoms with Gasteiger partial charge < -0.3 is 4.90 Å². The van der Waals surface area contributed by atoms with E-state index in [0.29, 0.717) is 12.3 Å². The molecule has 15 heavy (non-hydrogen) atoms. The van der Waals surface area contributed by atoms with Gasteiger partial charge in [0.15, 0.2) is 0 Å². The van der Waals surface area contributed by atoms with Gasteiger partial charge in [0.1, 0.15) is 0 Å². The highest BCUT2D eigenvalue weighted by molar-refractivity contribution is 5.83. The molecule has 0 aliphatic carbocycles. The second-order valence-electron chi connectivity index (χ2n) is 4.13. The SMILES string of the molecule is O=C1CC=C2C(c3ccccc3)CCN12. The Morgan fingerprint density at radius 1 is 1.20 bits per heavy atom. The first-order chi connectivity index (χ1) is 7.36. The number of carbonyl (C=O) groups excluding carboxylic acids is 1. The summed E-state index contributed by atoms with van der Waals surface area (Å²) >= 11 is 0. The highest BCUT2D eigenvalue weighted by Crippen LogP contribution is 2.39. The molecule has 0 saturated carbocycles. The Balaban J connectivity index is 1.94. The first-order valence-electron chi connectivity index (χ1n) is 5.41. The molecule has 1 unspecified atom stereocenters. The van der Waals surface area contributed by atoms with E-state index in [0.717, 1.165) is 13.0 Å². The average Bonchev–Trinajstić information content (AvgIpc) is 2.83. The minimum absolute atomic E-state index is 0.267. The van der Waals surface area contributed by atoms with Crippen molar-refractivity contribution in [3.63, 3.8) is 0 Å². The molecule has 0 radical (unpaired) electrons. The third kappa shape index (κ3) is 1.29. The molecule has 0 N–H and O–H groups in total. The topological polar surface area (TPSA) is 20.3 Å². The smallest absolute Gasteiger partial charge is 0.230 e. The van der Waals surface area contributed by atoms with Gasteiger partial charge in [-0.15, -0.1) is 0 Å². The summed E-state index contributed by atoms with van der Waals surface area (Å²) in [7, 11) is 0. The van der Waals surface area contributed by atoms with Crippen LogP contribution in [0.5, 0.6) is 0 Å². The van der Waals surface area contributed by atoms with Crippen LogP contribution in [0.4, 0.5) is 0 Å². The minimum atomic E-state index is 0.267. The van der Waals surface area contributed by atoms with Crippen molar-refractivity contribution in [1.29, 1.82) is 0 Å². The lowest BCUT2D eigenvalue weighted by atomic mass is 9.95. The van der Waals surface area contributed by atoms with Gasteiger partial charge in [-0.25, -0.2) is 0 Å². The summed E-state index contributed by atoms with van der Waals surface area (Å²) in [5, 5.41) is 0. The van der Waals surface area contributed by atoms with Crippen molar-refractivity contribution in [3.8, 4) is 0 Å². The molecule has 1 fully saturated rings. The van der Waals surface area contributed by atoms with Gasteiger partial charge in [-0.05, 0) is 12.0 Å². The maximum absolute atomic E-state index is 11.5. The fourth-order valence-electron chi connectivity index (χ4n) is 2.57. The molecule has 0 aromatic heterocycles. The number of nitrogens with zero attached hydrogens (tertiary/aromatic N) is 1. The molecule has 2 aliphatic heterocycles. The van der Waals surface area contributed by atoms with Gasteiger partial charge in [-0.2, -0.15) is 0 Å². The normalized spacial score (nSPS) is 24.3. The zero-order valence-electron chi connectivity index (χ0n) is 8.52. The minimum Gasteiger partial charge on any atom is -0.316 e. The fourth-order valence-corrected chi connectivity index (χ4v) is 2.57. The van der Waals surface area contributed by atoms with Crippen molar-refractivity contribution in [3.05, 3.63) is 47.7 Å². The summed E-state index contributed by atoms with van der Waals surface area (Å²) in [6, 6.07) is 10.5. The highest BCUT2D eigenvalue weighted by Gasteiger charge is 2.35. The summed E-state index contributed by atoms with van der Waals surface area (Å²) in [5.41, 5.74) is 2.56. The zero-order valence-corrected chi connectivity index (χ0v) is 8.52.